The molecule has 1 heterocycles. The van der Waals surface area contributed by atoms with Crippen LogP contribution in [0.25, 0.3) is 0 Å². The zero-order valence-corrected chi connectivity index (χ0v) is 17.6. The standard InChI is InChI=1S/C22H23ClN4O2/c1-5-27(4)14-25-19-11-16(3)20(12-15(19)2)29-21-9-10-24-22(26-21)28-18-8-6-7-17(23)13-18/h6-14H,5H2,1-4H3. The summed E-state index contributed by atoms with van der Waals surface area (Å²) in [6.45, 7) is 6.95. The summed E-state index contributed by atoms with van der Waals surface area (Å²) in [5, 5.41) is 0.578. The van der Waals surface area contributed by atoms with E-state index in [0.29, 0.717) is 22.4 Å². The number of hydrogen-bond acceptors (Lipinski definition) is 5. The maximum atomic E-state index is 5.98. The molecule has 7 heteroatoms. The number of aryl methyl sites for hydroxylation is 2. The van der Waals surface area contributed by atoms with Crippen molar-refractivity contribution < 1.29 is 9.47 Å². The van der Waals surface area contributed by atoms with E-state index < -0.39 is 0 Å². The zero-order valence-electron chi connectivity index (χ0n) is 16.9. The molecule has 0 saturated heterocycles. The van der Waals surface area contributed by atoms with Gasteiger partial charge in [0.05, 0.1) is 12.0 Å². The van der Waals surface area contributed by atoms with E-state index in [1.165, 1.54) is 0 Å². The van der Waals surface area contributed by atoms with Gasteiger partial charge in [0.25, 0.3) is 0 Å². The van der Waals surface area contributed by atoms with Crippen LogP contribution in [0.15, 0.2) is 53.7 Å². The number of rotatable bonds is 7. The van der Waals surface area contributed by atoms with Gasteiger partial charge in [0, 0.05) is 30.9 Å². The minimum absolute atomic E-state index is 0.183. The Morgan fingerprint density at radius 3 is 2.69 bits per heavy atom. The average Bonchev–Trinajstić information content (AvgIpc) is 2.69. The maximum absolute atomic E-state index is 5.98. The molecule has 0 spiro atoms. The smallest absolute Gasteiger partial charge is 0.325 e. The van der Waals surface area contributed by atoms with E-state index in [9.17, 15) is 0 Å². The maximum Gasteiger partial charge on any atom is 0.325 e. The van der Waals surface area contributed by atoms with Crippen molar-refractivity contribution in [2.45, 2.75) is 20.8 Å². The second-order valence-corrected chi connectivity index (χ2v) is 7.00. The predicted molar refractivity (Wildman–Crippen MR) is 116 cm³/mol. The van der Waals surface area contributed by atoms with E-state index in [-0.39, 0.29) is 6.01 Å². The molecule has 0 bridgehead atoms. The Morgan fingerprint density at radius 1 is 1.10 bits per heavy atom. The highest BCUT2D eigenvalue weighted by molar-refractivity contribution is 6.30. The van der Waals surface area contributed by atoms with Gasteiger partial charge < -0.3 is 14.4 Å². The zero-order chi connectivity index (χ0) is 20.8. The Bertz CT molecular complexity index is 1020. The number of hydrogen-bond donors (Lipinski definition) is 0. The van der Waals surface area contributed by atoms with E-state index in [4.69, 9.17) is 21.1 Å². The molecule has 1 aromatic heterocycles. The van der Waals surface area contributed by atoms with Crippen LogP contribution in [0.4, 0.5) is 5.69 Å². The number of aliphatic imine (C=N–C) groups is 1. The summed E-state index contributed by atoms with van der Waals surface area (Å²) < 4.78 is 11.6. The summed E-state index contributed by atoms with van der Waals surface area (Å²) in [5.74, 6) is 1.65. The Labute approximate surface area is 175 Å². The second-order valence-electron chi connectivity index (χ2n) is 6.56. The van der Waals surface area contributed by atoms with Crippen molar-refractivity contribution in [3.8, 4) is 23.4 Å². The molecular formula is C22H23ClN4O2. The van der Waals surface area contributed by atoms with Crippen LogP contribution in [0, 0.1) is 13.8 Å². The molecule has 150 valence electrons. The molecule has 0 radical (unpaired) electrons. The highest BCUT2D eigenvalue weighted by Gasteiger charge is 2.09. The topological polar surface area (TPSA) is 59.8 Å². The van der Waals surface area contributed by atoms with Crippen molar-refractivity contribution in [3.63, 3.8) is 0 Å². The summed E-state index contributed by atoms with van der Waals surface area (Å²) in [7, 11) is 1.99. The largest absolute Gasteiger partial charge is 0.439 e. The number of halogens is 1. The quantitative estimate of drug-likeness (QED) is 0.356. The number of nitrogens with zero attached hydrogens (tertiary/aromatic N) is 4. The lowest BCUT2D eigenvalue weighted by molar-refractivity contribution is 0.410. The Morgan fingerprint density at radius 2 is 1.93 bits per heavy atom. The number of ether oxygens (including phenoxy) is 2. The van der Waals surface area contributed by atoms with Gasteiger partial charge in [0.1, 0.15) is 11.5 Å². The van der Waals surface area contributed by atoms with Crippen LogP contribution in [0.2, 0.25) is 5.02 Å². The molecule has 0 amide bonds. The third kappa shape index (κ3) is 5.68. The average molecular weight is 411 g/mol. The summed E-state index contributed by atoms with van der Waals surface area (Å²) in [4.78, 5) is 15.0. The SMILES string of the molecule is CCN(C)C=Nc1cc(C)c(Oc2ccnc(Oc3cccc(Cl)c3)n2)cc1C. The van der Waals surface area contributed by atoms with Gasteiger partial charge in [0.2, 0.25) is 5.88 Å². The van der Waals surface area contributed by atoms with Gasteiger partial charge in [-0.15, -0.1) is 0 Å². The van der Waals surface area contributed by atoms with Gasteiger partial charge in [0.15, 0.2) is 0 Å². The fourth-order valence-electron chi connectivity index (χ4n) is 2.45. The molecule has 29 heavy (non-hydrogen) atoms. The van der Waals surface area contributed by atoms with E-state index in [2.05, 4.69) is 21.9 Å². The lowest BCUT2D eigenvalue weighted by Crippen LogP contribution is -2.14. The van der Waals surface area contributed by atoms with Crippen LogP contribution in [0.5, 0.6) is 23.4 Å². The lowest BCUT2D eigenvalue weighted by Gasteiger charge is -2.12. The third-order valence-corrected chi connectivity index (χ3v) is 4.45. The molecule has 0 aliphatic rings. The fourth-order valence-corrected chi connectivity index (χ4v) is 2.63. The second kappa shape index (κ2) is 9.39. The van der Waals surface area contributed by atoms with Crippen LogP contribution < -0.4 is 9.47 Å². The molecule has 6 nitrogen and oxygen atoms in total. The van der Waals surface area contributed by atoms with Crippen molar-refractivity contribution in [1.29, 1.82) is 0 Å². The Balaban J connectivity index is 1.78. The first-order valence-corrected chi connectivity index (χ1v) is 9.62. The minimum atomic E-state index is 0.183. The minimum Gasteiger partial charge on any atom is -0.439 e. The van der Waals surface area contributed by atoms with Crippen LogP contribution >= 0.6 is 11.6 Å². The van der Waals surface area contributed by atoms with Crippen molar-refractivity contribution in [1.82, 2.24) is 14.9 Å². The summed E-state index contributed by atoms with van der Waals surface area (Å²) >= 11 is 5.98. The third-order valence-electron chi connectivity index (χ3n) is 4.21. The van der Waals surface area contributed by atoms with Gasteiger partial charge >= 0.3 is 6.01 Å². The molecule has 0 saturated carbocycles. The highest BCUT2D eigenvalue weighted by Crippen LogP contribution is 2.31. The lowest BCUT2D eigenvalue weighted by atomic mass is 10.1. The molecule has 0 N–H and O–H groups in total. The Kier molecular flexibility index (Phi) is 6.67. The van der Waals surface area contributed by atoms with Crippen LogP contribution in [-0.2, 0) is 0 Å². The summed E-state index contributed by atoms with van der Waals surface area (Å²) in [6, 6.07) is 12.9. The normalized spacial score (nSPS) is 10.9. The van der Waals surface area contributed by atoms with Crippen molar-refractivity contribution >= 4 is 23.6 Å². The van der Waals surface area contributed by atoms with Crippen LogP contribution in [0.1, 0.15) is 18.1 Å². The predicted octanol–water partition coefficient (Wildman–Crippen LogP) is 5.94. The molecule has 2 aromatic carbocycles. The number of benzene rings is 2. The van der Waals surface area contributed by atoms with Crippen molar-refractivity contribution in [2.24, 2.45) is 4.99 Å². The van der Waals surface area contributed by atoms with E-state index >= 15 is 0 Å². The molecule has 0 aliphatic carbocycles. The molecular weight excluding hydrogens is 388 g/mol. The van der Waals surface area contributed by atoms with Gasteiger partial charge in [-0.3, -0.25) is 0 Å². The van der Waals surface area contributed by atoms with Gasteiger partial charge in [-0.05, 0) is 62.2 Å². The summed E-state index contributed by atoms with van der Waals surface area (Å²) in [5.41, 5.74) is 2.87. The van der Waals surface area contributed by atoms with Crippen molar-refractivity contribution in [2.75, 3.05) is 13.6 Å². The number of aromatic nitrogens is 2. The van der Waals surface area contributed by atoms with E-state index in [0.717, 1.165) is 23.4 Å². The van der Waals surface area contributed by atoms with Gasteiger partial charge in [-0.25, -0.2) is 9.98 Å². The molecule has 0 atom stereocenters. The first-order chi connectivity index (χ1) is 13.9. The van der Waals surface area contributed by atoms with E-state index in [1.54, 1.807) is 36.5 Å². The highest BCUT2D eigenvalue weighted by atomic mass is 35.5. The molecule has 3 rings (SSSR count). The molecule has 0 aliphatic heterocycles. The van der Waals surface area contributed by atoms with E-state index in [1.807, 2.05) is 44.3 Å². The monoisotopic (exact) mass is 410 g/mol. The van der Waals surface area contributed by atoms with Crippen molar-refractivity contribution in [3.05, 3.63) is 64.8 Å². The first-order valence-electron chi connectivity index (χ1n) is 9.24. The molecule has 0 fully saturated rings. The van der Waals surface area contributed by atoms with Gasteiger partial charge in [-0.1, -0.05) is 17.7 Å². The van der Waals surface area contributed by atoms with Crippen LogP contribution in [0.3, 0.4) is 0 Å². The summed E-state index contributed by atoms with van der Waals surface area (Å²) in [6.07, 6.45) is 3.41. The first kappa shape index (κ1) is 20.6. The van der Waals surface area contributed by atoms with Gasteiger partial charge in [-0.2, -0.15) is 4.98 Å². The fraction of sp³-hybridized carbons (Fsp3) is 0.227. The Hall–Kier alpha value is -3.12. The molecule has 3 aromatic rings. The molecule has 0 unspecified atom stereocenters. The van der Waals surface area contributed by atoms with Crippen LogP contribution in [-0.4, -0.2) is 34.8 Å².